The Morgan fingerprint density at radius 3 is 2.35 bits per heavy atom. The minimum absolute atomic E-state index is 0.234. The van der Waals surface area contributed by atoms with E-state index in [9.17, 15) is 8.42 Å². The second-order valence-corrected chi connectivity index (χ2v) is 9.11. The summed E-state index contributed by atoms with van der Waals surface area (Å²) in [5, 5.41) is 0. The fourth-order valence-electron chi connectivity index (χ4n) is 3.58. The van der Waals surface area contributed by atoms with Crippen LogP contribution in [0.4, 0.5) is 0 Å². The summed E-state index contributed by atoms with van der Waals surface area (Å²) in [5.41, 5.74) is 6.67. The van der Waals surface area contributed by atoms with Crippen molar-refractivity contribution in [1.29, 1.82) is 0 Å². The van der Waals surface area contributed by atoms with Gasteiger partial charge in [-0.3, -0.25) is 0 Å². The van der Waals surface area contributed by atoms with Crippen LogP contribution >= 0.6 is 0 Å². The summed E-state index contributed by atoms with van der Waals surface area (Å²) >= 11 is 0. The molecule has 1 saturated carbocycles. The SMILES string of the molecule is CC1(C)CCCC(CN2CCN(S(C)(=O)=O)CC2)C1N. The summed E-state index contributed by atoms with van der Waals surface area (Å²) in [6.07, 6.45) is 4.97. The van der Waals surface area contributed by atoms with Crippen molar-refractivity contribution in [2.75, 3.05) is 39.0 Å². The standard InChI is InChI=1S/C14H29N3O2S/c1-14(2)6-4-5-12(13(14)15)11-16-7-9-17(10-8-16)20(3,18)19/h12-13H,4-11,15H2,1-3H3. The van der Waals surface area contributed by atoms with Gasteiger partial charge in [0.05, 0.1) is 6.26 Å². The van der Waals surface area contributed by atoms with Gasteiger partial charge in [-0.2, -0.15) is 4.31 Å². The van der Waals surface area contributed by atoms with Crippen LogP contribution in [0.3, 0.4) is 0 Å². The van der Waals surface area contributed by atoms with Gasteiger partial charge < -0.3 is 10.6 Å². The Kier molecular flexibility index (Phi) is 4.79. The highest BCUT2D eigenvalue weighted by atomic mass is 32.2. The van der Waals surface area contributed by atoms with Crippen molar-refractivity contribution in [2.45, 2.75) is 39.2 Å². The van der Waals surface area contributed by atoms with Gasteiger partial charge in [0.15, 0.2) is 0 Å². The fraction of sp³-hybridized carbons (Fsp3) is 1.00. The summed E-state index contributed by atoms with van der Waals surface area (Å²) in [5.74, 6) is 0.545. The van der Waals surface area contributed by atoms with E-state index in [-0.39, 0.29) is 11.5 Å². The zero-order chi connectivity index (χ0) is 15.0. The Morgan fingerprint density at radius 2 is 1.80 bits per heavy atom. The van der Waals surface area contributed by atoms with E-state index in [1.165, 1.54) is 25.5 Å². The normalized spacial score (nSPS) is 33.2. The molecule has 1 aliphatic carbocycles. The molecule has 0 radical (unpaired) electrons. The lowest BCUT2D eigenvalue weighted by Crippen LogP contribution is -2.54. The molecule has 0 amide bonds. The van der Waals surface area contributed by atoms with Gasteiger partial charge in [0, 0.05) is 38.8 Å². The molecule has 20 heavy (non-hydrogen) atoms. The Morgan fingerprint density at radius 1 is 1.20 bits per heavy atom. The van der Waals surface area contributed by atoms with E-state index in [0.29, 0.717) is 19.0 Å². The van der Waals surface area contributed by atoms with Gasteiger partial charge in [0.2, 0.25) is 10.0 Å². The first-order valence-corrected chi connectivity index (χ1v) is 9.48. The maximum absolute atomic E-state index is 11.5. The van der Waals surface area contributed by atoms with E-state index in [0.717, 1.165) is 19.6 Å². The van der Waals surface area contributed by atoms with Crippen molar-refractivity contribution in [1.82, 2.24) is 9.21 Å². The maximum Gasteiger partial charge on any atom is 0.211 e. The summed E-state index contributed by atoms with van der Waals surface area (Å²) in [4.78, 5) is 2.38. The highest BCUT2D eigenvalue weighted by Crippen LogP contribution is 2.38. The molecule has 1 aliphatic heterocycles. The van der Waals surface area contributed by atoms with Crippen molar-refractivity contribution < 1.29 is 8.42 Å². The van der Waals surface area contributed by atoms with Crippen molar-refractivity contribution in [3.8, 4) is 0 Å². The largest absolute Gasteiger partial charge is 0.327 e. The van der Waals surface area contributed by atoms with Crippen LogP contribution in [0.2, 0.25) is 0 Å². The quantitative estimate of drug-likeness (QED) is 0.834. The first-order chi connectivity index (χ1) is 9.20. The van der Waals surface area contributed by atoms with Crippen LogP contribution in [-0.4, -0.2) is 62.6 Å². The Balaban J connectivity index is 1.87. The van der Waals surface area contributed by atoms with Gasteiger partial charge in [0.1, 0.15) is 0 Å². The molecule has 2 rings (SSSR count). The fourth-order valence-corrected chi connectivity index (χ4v) is 4.41. The van der Waals surface area contributed by atoms with Crippen molar-refractivity contribution >= 4 is 10.0 Å². The van der Waals surface area contributed by atoms with Crippen LogP contribution in [0.15, 0.2) is 0 Å². The Bertz CT molecular complexity index is 428. The van der Waals surface area contributed by atoms with E-state index in [1.54, 1.807) is 4.31 Å². The summed E-state index contributed by atoms with van der Waals surface area (Å²) in [6.45, 7) is 8.45. The molecule has 0 aromatic carbocycles. The first-order valence-electron chi connectivity index (χ1n) is 7.63. The van der Waals surface area contributed by atoms with Crippen LogP contribution < -0.4 is 5.73 Å². The zero-order valence-electron chi connectivity index (χ0n) is 13.0. The van der Waals surface area contributed by atoms with Crippen LogP contribution in [0.1, 0.15) is 33.1 Å². The Hall–Kier alpha value is -0.170. The first kappa shape index (κ1) is 16.2. The molecule has 2 unspecified atom stereocenters. The molecule has 0 aromatic heterocycles. The molecule has 2 N–H and O–H groups in total. The number of nitrogens with zero attached hydrogens (tertiary/aromatic N) is 2. The van der Waals surface area contributed by atoms with Gasteiger partial charge in [-0.15, -0.1) is 0 Å². The number of piperazine rings is 1. The second-order valence-electron chi connectivity index (χ2n) is 7.13. The maximum atomic E-state index is 11.5. The molecule has 118 valence electrons. The van der Waals surface area contributed by atoms with E-state index in [2.05, 4.69) is 18.7 Å². The van der Waals surface area contributed by atoms with Gasteiger partial charge in [-0.25, -0.2) is 8.42 Å². The van der Waals surface area contributed by atoms with E-state index in [4.69, 9.17) is 5.73 Å². The minimum Gasteiger partial charge on any atom is -0.327 e. The third-order valence-corrected chi connectivity index (χ3v) is 6.40. The monoisotopic (exact) mass is 303 g/mol. The molecule has 2 atom stereocenters. The van der Waals surface area contributed by atoms with Gasteiger partial charge in [0.25, 0.3) is 0 Å². The number of sulfonamides is 1. The molecular weight excluding hydrogens is 274 g/mol. The van der Waals surface area contributed by atoms with Crippen molar-refractivity contribution in [3.05, 3.63) is 0 Å². The van der Waals surface area contributed by atoms with E-state index in [1.807, 2.05) is 0 Å². The predicted octanol–water partition coefficient (Wildman–Crippen LogP) is 0.717. The average molecular weight is 303 g/mol. The smallest absolute Gasteiger partial charge is 0.211 e. The van der Waals surface area contributed by atoms with Crippen LogP contribution in [0.25, 0.3) is 0 Å². The summed E-state index contributed by atoms with van der Waals surface area (Å²) in [6, 6.07) is 0.254. The topological polar surface area (TPSA) is 66.6 Å². The molecule has 1 saturated heterocycles. The van der Waals surface area contributed by atoms with Crippen LogP contribution in [0, 0.1) is 11.3 Å². The highest BCUT2D eigenvalue weighted by Gasteiger charge is 2.37. The Labute approximate surface area is 123 Å². The second kappa shape index (κ2) is 5.91. The minimum atomic E-state index is -3.03. The van der Waals surface area contributed by atoms with Gasteiger partial charge in [-0.1, -0.05) is 20.3 Å². The highest BCUT2D eigenvalue weighted by molar-refractivity contribution is 7.88. The van der Waals surface area contributed by atoms with Crippen LogP contribution in [0.5, 0.6) is 0 Å². The zero-order valence-corrected chi connectivity index (χ0v) is 13.8. The number of nitrogens with two attached hydrogens (primary N) is 1. The lowest BCUT2D eigenvalue weighted by Gasteiger charge is -2.44. The summed E-state index contributed by atoms with van der Waals surface area (Å²) in [7, 11) is -3.03. The molecule has 2 aliphatic rings. The summed E-state index contributed by atoms with van der Waals surface area (Å²) < 4.78 is 24.6. The average Bonchev–Trinajstić information content (AvgIpc) is 2.34. The molecule has 0 spiro atoms. The molecule has 5 nitrogen and oxygen atoms in total. The van der Waals surface area contributed by atoms with E-state index >= 15 is 0 Å². The molecule has 0 bridgehead atoms. The van der Waals surface area contributed by atoms with Gasteiger partial charge >= 0.3 is 0 Å². The molecule has 0 aromatic rings. The molecule has 2 fully saturated rings. The molecule has 1 heterocycles. The number of rotatable bonds is 3. The number of hydrogen-bond donors (Lipinski definition) is 1. The van der Waals surface area contributed by atoms with Crippen molar-refractivity contribution in [2.24, 2.45) is 17.1 Å². The third kappa shape index (κ3) is 3.72. The van der Waals surface area contributed by atoms with Gasteiger partial charge in [-0.05, 0) is 24.2 Å². The van der Waals surface area contributed by atoms with Crippen molar-refractivity contribution in [3.63, 3.8) is 0 Å². The number of hydrogen-bond acceptors (Lipinski definition) is 4. The van der Waals surface area contributed by atoms with Crippen LogP contribution in [-0.2, 0) is 10.0 Å². The predicted molar refractivity (Wildman–Crippen MR) is 82.0 cm³/mol. The third-order valence-electron chi connectivity index (χ3n) is 5.10. The van der Waals surface area contributed by atoms with E-state index < -0.39 is 10.0 Å². The molecular formula is C14H29N3O2S. The lowest BCUT2D eigenvalue weighted by atomic mass is 9.68. The lowest BCUT2D eigenvalue weighted by molar-refractivity contribution is 0.0877. The molecule has 6 heteroatoms.